The number of pyridine rings is 1. The predicted molar refractivity (Wildman–Crippen MR) is 191 cm³/mol. The molecule has 1 fully saturated rings. The molecule has 0 unspecified atom stereocenters. The molecular weight excluding hydrogens is 600 g/mol. The first-order valence-corrected chi connectivity index (χ1v) is 17.0. The van der Waals surface area contributed by atoms with Crippen molar-refractivity contribution in [1.29, 1.82) is 0 Å². The zero-order valence-electron chi connectivity index (χ0n) is 28.7. The summed E-state index contributed by atoms with van der Waals surface area (Å²) in [6, 6.07) is 28.0. The average molecular weight is 649 g/mol. The largest absolute Gasteiger partial charge is 0.494 e. The number of benzene rings is 3. The number of carbonyl (C=O) groups is 2. The minimum absolute atomic E-state index is 0.198. The van der Waals surface area contributed by atoms with Crippen LogP contribution in [0.3, 0.4) is 0 Å². The Morgan fingerprint density at radius 3 is 1.96 bits per heavy atom. The number of anilines is 1. The van der Waals surface area contributed by atoms with Crippen LogP contribution in [0.15, 0.2) is 97.3 Å². The quantitative estimate of drug-likeness (QED) is 0.175. The summed E-state index contributed by atoms with van der Waals surface area (Å²) in [5, 5.41) is 3.03. The van der Waals surface area contributed by atoms with Crippen molar-refractivity contribution in [3.05, 3.63) is 114 Å². The summed E-state index contributed by atoms with van der Waals surface area (Å²) < 4.78 is 11.3. The lowest BCUT2D eigenvalue weighted by Gasteiger charge is -2.35. The first kappa shape index (κ1) is 34.5. The van der Waals surface area contributed by atoms with Gasteiger partial charge in [-0.25, -0.2) is 9.59 Å². The van der Waals surface area contributed by atoms with E-state index in [1.54, 1.807) is 17.3 Å². The number of carbonyl (C=O) groups excluding carboxylic acids is 2. The summed E-state index contributed by atoms with van der Waals surface area (Å²) in [7, 11) is 0. The number of urea groups is 1. The molecule has 0 atom stereocenters. The molecule has 1 aromatic heterocycles. The number of nitrogens with one attached hydrogen (secondary N) is 1. The van der Waals surface area contributed by atoms with Crippen LogP contribution in [0.25, 0.3) is 11.1 Å². The van der Waals surface area contributed by atoms with Crippen molar-refractivity contribution in [2.24, 2.45) is 0 Å². The van der Waals surface area contributed by atoms with Crippen LogP contribution in [-0.4, -0.2) is 45.2 Å². The van der Waals surface area contributed by atoms with Crippen molar-refractivity contribution in [3.8, 4) is 16.9 Å². The molecule has 0 aliphatic heterocycles. The topological polar surface area (TPSA) is 84.0 Å². The lowest BCUT2D eigenvalue weighted by Crippen LogP contribution is -2.43. The van der Waals surface area contributed by atoms with Gasteiger partial charge in [-0.2, -0.15) is 0 Å². The molecule has 5 rings (SSSR count). The van der Waals surface area contributed by atoms with Gasteiger partial charge in [0.25, 0.3) is 0 Å². The van der Waals surface area contributed by atoms with Crippen molar-refractivity contribution < 1.29 is 19.1 Å². The highest BCUT2D eigenvalue weighted by Gasteiger charge is 2.29. The van der Waals surface area contributed by atoms with E-state index in [1.165, 1.54) is 6.42 Å². The molecule has 48 heavy (non-hydrogen) atoms. The highest BCUT2D eigenvalue weighted by molar-refractivity contribution is 5.89. The summed E-state index contributed by atoms with van der Waals surface area (Å²) in [5.41, 5.74) is 5.39. The fourth-order valence-corrected chi connectivity index (χ4v) is 5.99. The fourth-order valence-electron chi connectivity index (χ4n) is 5.99. The third-order valence-corrected chi connectivity index (χ3v) is 8.41. The van der Waals surface area contributed by atoms with E-state index in [2.05, 4.69) is 58.8 Å². The van der Waals surface area contributed by atoms with Crippen molar-refractivity contribution in [3.63, 3.8) is 0 Å². The SMILES string of the molecule is CCOc1ccc(NC(=O)N(Cc2ccc(-c3ccc(CN(C(=O)OC(C)(C)C)C4CCCCC4)cc3)cc2)Cc2cccnc2)cc1. The smallest absolute Gasteiger partial charge is 0.410 e. The van der Waals surface area contributed by atoms with Crippen LogP contribution in [-0.2, 0) is 24.4 Å². The Kier molecular flexibility index (Phi) is 11.7. The van der Waals surface area contributed by atoms with Gasteiger partial charge in [0.2, 0.25) is 0 Å². The Labute approximate surface area is 285 Å². The minimum atomic E-state index is -0.532. The Balaban J connectivity index is 1.26. The normalized spacial score (nSPS) is 13.4. The van der Waals surface area contributed by atoms with Gasteiger partial charge in [0.1, 0.15) is 11.4 Å². The molecule has 0 spiro atoms. The minimum Gasteiger partial charge on any atom is -0.494 e. The molecule has 1 N–H and O–H groups in total. The number of aromatic nitrogens is 1. The Bertz CT molecular complexity index is 1590. The van der Waals surface area contributed by atoms with E-state index in [0.717, 1.165) is 59.3 Å². The summed E-state index contributed by atoms with van der Waals surface area (Å²) in [5.74, 6) is 0.764. The van der Waals surface area contributed by atoms with E-state index in [0.29, 0.717) is 31.9 Å². The number of hydrogen-bond donors (Lipinski definition) is 1. The Morgan fingerprint density at radius 2 is 1.40 bits per heavy atom. The molecule has 0 saturated heterocycles. The maximum absolute atomic E-state index is 13.5. The van der Waals surface area contributed by atoms with Gasteiger partial charge in [-0.05, 0) is 98.7 Å². The van der Waals surface area contributed by atoms with Gasteiger partial charge >= 0.3 is 12.1 Å². The molecule has 252 valence electrons. The summed E-state index contributed by atoms with van der Waals surface area (Å²) in [4.78, 5) is 34.6. The number of rotatable bonds is 11. The monoisotopic (exact) mass is 648 g/mol. The summed E-state index contributed by atoms with van der Waals surface area (Å²) in [6.07, 6.45) is 8.84. The molecule has 1 saturated carbocycles. The van der Waals surface area contributed by atoms with Crippen molar-refractivity contribution in [2.75, 3.05) is 11.9 Å². The van der Waals surface area contributed by atoms with E-state index < -0.39 is 5.60 Å². The van der Waals surface area contributed by atoms with Crippen molar-refractivity contribution >= 4 is 17.8 Å². The van der Waals surface area contributed by atoms with Gasteiger partial charge in [0.15, 0.2) is 0 Å². The second-order valence-corrected chi connectivity index (χ2v) is 13.4. The molecule has 1 heterocycles. The first-order chi connectivity index (χ1) is 23.2. The van der Waals surface area contributed by atoms with Crippen LogP contribution in [0.1, 0.15) is 76.5 Å². The van der Waals surface area contributed by atoms with Gasteiger partial charge in [-0.1, -0.05) is 73.9 Å². The Morgan fingerprint density at radius 1 is 0.792 bits per heavy atom. The third-order valence-electron chi connectivity index (χ3n) is 8.41. The van der Waals surface area contributed by atoms with Crippen LogP contribution >= 0.6 is 0 Å². The van der Waals surface area contributed by atoms with E-state index >= 15 is 0 Å². The molecule has 8 nitrogen and oxygen atoms in total. The van der Waals surface area contributed by atoms with Crippen molar-refractivity contribution in [2.45, 2.75) is 91.1 Å². The fraction of sp³-hybridized carbons (Fsp3) is 0.375. The lowest BCUT2D eigenvalue weighted by molar-refractivity contribution is 0.00988. The summed E-state index contributed by atoms with van der Waals surface area (Å²) in [6.45, 7) is 9.66. The van der Waals surface area contributed by atoms with Crippen molar-refractivity contribution in [1.82, 2.24) is 14.8 Å². The van der Waals surface area contributed by atoms with E-state index in [4.69, 9.17) is 9.47 Å². The number of amides is 3. The third kappa shape index (κ3) is 10.1. The number of hydrogen-bond acceptors (Lipinski definition) is 5. The van der Waals surface area contributed by atoms with Gasteiger partial charge < -0.3 is 24.6 Å². The lowest BCUT2D eigenvalue weighted by atomic mass is 9.94. The van der Waals surface area contributed by atoms with Gasteiger partial charge in [0, 0.05) is 43.8 Å². The van der Waals surface area contributed by atoms with Gasteiger partial charge in [-0.15, -0.1) is 0 Å². The number of nitrogens with zero attached hydrogens (tertiary/aromatic N) is 3. The second-order valence-electron chi connectivity index (χ2n) is 13.4. The zero-order chi connectivity index (χ0) is 33.9. The van der Waals surface area contributed by atoms with Crippen LogP contribution < -0.4 is 10.1 Å². The first-order valence-electron chi connectivity index (χ1n) is 17.0. The van der Waals surface area contributed by atoms with Crippen LogP contribution in [0.4, 0.5) is 15.3 Å². The molecule has 8 heteroatoms. The molecule has 0 radical (unpaired) electrons. The highest BCUT2D eigenvalue weighted by atomic mass is 16.6. The van der Waals surface area contributed by atoms with Gasteiger partial charge in [0.05, 0.1) is 6.61 Å². The van der Waals surface area contributed by atoms with E-state index in [-0.39, 0.29) is 18.2 Å². The van der Waals surface area contributed by atoms with Crippen LogP contribution in [0.5, 0.6) is 5.75 Å². The molecule has 3 aromatic carbocycles. The highest BCUT2D eigenvalue weighted by Crippen LogP contribution is 2.28. The van der Waals surface area contributed by atoms with Crippen LogP contribution in [0.2, 0.25) is 0 Å². The van der Waals surface area contributed by atoms with Crippen LogP contribution in [0, 0.1) is 0 Å². The standard InChI is InChI=1S/C40H48N4O4/c1-5-47-37-23-21-35(22-24-37)42-38(45)43(28-32-10-9-25-41-26-32)27-30-13-17-33(18-14-30)34-19-15-31(16-20-34)29-44(36-11-7-6-8-12-36)39(46)48-40(2,3)4/h9-10,13-26,36H,5-8,11-12,27-29H2,1-4H3,(H,42,45). The molecule has 1 aliphatic rings. The number of ether oxygens (including phenoxy) is 2. The maximum Gasteiger partial charge on any atom is 0.410 e. The van der Waals surface area contributed by atoms with E-state index in [9.17, 15) is 9.59 Å². The Hall–Kier alpha value is -4.85. The predicted octanol–water partition coefficient (Wildman–Crippen LogP) is 9.45. The molecular formula is C40H48N4O4. The summed E-state index contributed by atoms with van der Waals surface area (Å²) >= 11 is 0. The molecule has 1 aliphatic carbocycles. The molecule has 4 aromatic rings. The van der Waals surface area contributed by atoms with Gasteiger partial charge in [-0.3, -0.25) is 4.98 Å². The average Bonchev–Trinajstić information content (AvgIpc) is 3.08. The maximum atomic E-state index is 13.5. The second kappa shape index (κ2) is 16.3. The molecule has 3 amide bonds. The zero-order valence-corrected chi connectivity index (χ0v) is 28.7. The van der Waals surface area contributed by atoms with E-state index in [1.807, 2.05) is 69.0 Å². The molecule has 0 bridgehead atoms.